The van der Waals surface area contributed by atoms with Crippen molar-refractivity contribution in [2.24, 2.45) is 0 Å². The van der Waals surface area contributed by atoms with Gasteiger partial charge in [-0.3, -0.25) is 0 Å². The molecule has 8 heteroatoms. The molecule has 0 amide bonds. The van der Waals surface area contributed by atoms with Crippen molar-refractivity contribution in [2.75, 3.05) is 0 Å². The molecule has 2 atom stereocenters. The van der Waals surface area contributed by atoms with Gasteiger partial charge in [0.2, 0.25) is 0 Å². The minimum Gasteiger partial charge on any atom is -0.381 e. The SMILES string of the molecule is OC(Cc1ccc(Cl)cc1)(c1ccc(F)cc1)C(O)(Cn1cncn1)c1ccc(Cl)cc1. The van der Waals surface area contributed by atoms with Crippen molar-refractivity contribution >= 4 is 23.2 Å². The average molecular weight is 472 g/mol. The van der Waals surface area contributed by atoms with Crippen LogP contribution in [0.1, 0.15) is 16.7 Å². The van der Waals surface area contributed by atoms with Crippen LogP contribution >= 0.6 is 23.2 Å². The number of aromatic nitrogens is 3. The summed E-state index contributed by atoms with van der Waals surface area (Å²) in [7, 11) is 0. The van der Waals surface area contributed by atoms with Gasteiger partial charge in [0.1, 0.15) is 29.7 Å². The van der Waals surface area contributed by atoms with Crippen LogP contribution in [0.4, 0.5) is 4.39 Å². The maximum Gasteiger partial charge on any atom is 0.142 e. The first-order valence-electron chi connectivity index (χ1n) is 9.84. The smallest absolute Gasteiger partial charge is 0.142 e. The fraction of sp³-hybridized carbons (Fsp3) is 0.167. The molecule has 2 unspecified atom stereocenters. The Balaban J connectivity index is 1.91. The molecule has 0 saturated carbocycles. The van der Waals surface area contributed by atoms with E-state index in [-0.39, 0.29) is 13.0 Å². The Morgan fingerprint density at radius 3 is 1.88 bits per heavy atom. The molecule has 32 heavy (non-hydrogen) atoms. The Hall–Kier alpha value is -2.77. The van der Waals surface area contributed by atoms with Crippen LogP contribution in [0, 0.1) is 5.82 Å². The number of benzene rings is 3. The number of aliphatic hydroxyl groups is 2. The second-order valence-corrected chi connectivity index (χ2v) is 8.50. The van der Waals surface area contributed by atoms with E-state index < -0.39 is 17.0 Å². The predicted molar refractivity (Wildman–Crippen MR) is 121 cm³/mol. The Morgan fingerprint density at radius 2 is 1.31 bits per heavy atom. The van der Waals surface area contributed by atoms with Crippen LogP contribution < -0.4 is 0 Å². The fourth-order valence-corrected chi connectivity index (χ4v) is 4.10. The summed E-state index contributed by atoms with van der Waals surface area (Å²) < 4.78 is 15.2. The summed E-state index contributed by atoms with van der Waals surface area (Å²) in [6.45, 7) is -0.115. The van der Waals surface area contributed by atoms with Gasteiger partial charge in [0, 0.05) is 16.5 Å². The van der Waals surface area contributed by atoms with Crippen LogP contribution in [0.25, 0.3) is 0 Å². The largest absolute Gasteiger partial charge is 0.381 e. The summed E-state index contributed by atoms with van der Waals surface area (Å²) in [5.74, 6) is -0.450. The van der Waals surface area contributed by atoms with Crippen LogP contribution in [0.2, 0.25) is 10.0 Å². The molecule has 4 rings (SSSR count). The molecule has 0 aliphatic carbocycles. The standard InChI is InChI=1S/C24H20Cl2FN3O2/c25-20-7-1-17(2-8-20)13-23(31,18-5-11-22(27)12-6-18)24(32,14-30-16-28-15-29-30)19-3-9-21(26)10-4-19/h1-12,15-16,31-32H,13-14H2. The lowest BCUT2D eigenvalue weighted by Crippen LogP contribution is -2.53. The van der Waals surface area contributed by atoms with Gasteiger partial charge in [-0.05, 0) is 53.1 Å². The van der Waals surface area contributed by atoms with Crippen molar-refractivity contribution in [3.8, 4) is 0 Å². The average Bonchev–Trinajstić information content (AvgIpc) is 3.29. The highest BCUT2D eigenvalue weighted by Crippen LogP contribution is 2.44. The lowest BCUT2D eigenvalue weighted by molar-refractivity contribution is -0.175. The molecule has 1 aromatic heterocycles. The van der Waals surface area contributed by atoms with E-state index in [9.17, 15) is 14.6 Å². The summed E-state index contributed by atoms with van der Waals surface area (Å²) in [4.78, 5) is 3.95. The summed E-state index contributed by atoms with van der Waals surface area (Å²) in [6, 6.07) is 19.0. The van der Waals surface area contributed by atoms with Gasteiger partial charge in [0.15, 0.2) is 0 Å². The number of hydrogen-bond donors (Lipinski definition) is 2. The van der Waals surface area contributed by atoms with Crippen LogP contribution in [-0.4, -0.2) is 25.0 Å². The molecule has 0 radical (unpaired) electrons. The lowest BCUT2D eigenvalue weighted by Gasteiger charge is -2.44. The topological polar surface area (TPSA) is 71.2 Å². The van der Waals surface area contributed by atoms with Gasteiger partial charge in [-0.15, -0.1) is 0 Å². The van der Waals surface area contributed by atoms with Gasteiger partial charge < -0.3 is 10.2 Å². The highest BCUT2D eigenvalue weighted by atomic mass is 35.5. The first-order valence-corrected chi connectivity index (χ1v) is 10.6. The fourth-order valence-electron chi connectivity index (χ4n) is 3.85. The summed E-state index contributed by atoms with van der Waals surface area (Å²) in [6.07, 6.45) is 2.82. The number of nitrogens with zero attached hydrogens (tertiary/aromatic N) is 3. The second kappa shape index (κ2) is 9.00. The van der Waals surface area contributed by atoms with Gasteiger partial charge in [0.05, 0.1) is 6.54 Å². The van der Waals surface area contributed by atoms with Crippen LogP contribution in [0.15, 0.2) is 85.5 Å². The molecule has 0 bridgehead atoms. The minimum atomic E-state index is -1.89. The lowest BCUT2D eigenvalue weighted by atomic mass is 9.70. The Kier molecular flexibility index (Phi) is 6.31. The number of hydrogen-bond acceptors (Lipinski definition) is 4. The van der Waals surface area contributed by atoms with Crippen LogP contribution in [0.5, 0.6) is 0 Å². The summed E-state index contributed by atoms with van der Waals surface area (Å²) >= 11 is 12.1. The van der Waals surface area contributed by atoms with E-state index in [4.69, 9.17) is 23.2 Å². The molecule has 164 valence electrons. The van der Waals surface area contributed by atoms with Gasteiger partial charge in [0.25, 0.3) is 0 Å². The van der Waals surface area contributed by atoms with Gasteiger partial charge in [-0.1, -0.05) is 59.6 Å². The van der Waals surface area contributed by atoms with Crippen LogP contribution in [-0.2, 0) is 24.2 Å². The molecular formula is C24H20Cl2FN3O2. The molecule has 0 fully saturated rings. The van der Waals surface area contributed by atoms with E-state index >= 15 is 0 Å². The van der Waals surface area contributed by atoms with E-state index in [0.29, 0.717) is 21.2 Å². The van der Waals surface area contributed by atoms with E-state index in [2.05, 4.69) is 10.1 Å². The maximum atomic E-state index is 13.7. The third-order valence-corrected chi connectivity index (χ3v) is 6.06. The Bertz CT molecular complexity index is 1170. The van der Waals surface area contributed by atoms with Crippen LogP contribution in [0.3, 0.4) is 0 Å². The molecule has 0 spiro atoms. The predicted octanol–water partition coefficient (Wildman–Crippen LogP) is 4.74. The number of rotatable bonds is 7. The van der Waals surface area contributed by atoms with Crippen molar-refractivity contribution < 1.29 is 14.6 Å². The normalized spacial score (nSPS) is 15.2. The van der Waals surface area contributed by atoms with Crippen molar-refractivity contribution in [1.82, 2.24) is 14.8 Å². The molecule has 0 saturated heterocycles. The zero-order valence-corrected chi connectivity index (χ0v) is 18.4. The highest BCUT2D eigenvalue weighted by molar-refractivity contribution is 6.30. The molecule has 4 aromatic rings. The van der Waals surface area contributed by atoms with Gasteiger partial charge in [-0.25, -0.2) is 14.1 Å². The highest BCUT2D eigenvalue weighted by Gasteiger charge is 2.52. The molecule has 2 N–H and O–H groups in total. The number of halogens is 3. The van der Waals surface area contributed by atoms with E-state index in [1.165, 1.54) is 41.6 Å². The van der Waals surface area contributed by atoms with E-state index in [1.54, 1.807) is 48.5 Å². The Morgan fingerprint density at radius 1 is 0.781 bits per heavy atom. The van der Waals surface area contributed by atoms with Crippen molar-refractivity contribution in [3.63, 3.8) is 0 Å². The minimum absolute atomic E-state index is 0.0175. The quantitative estimate of drug-likeness (QED) is 0.408. The van der Waals surface area contributed by atoms with E-state index in [1.807, 2.05) is 0 Å². The Labute approximate surface area is 194 Å². The monoisotopic (exact) mass is 471 g/mol. The van der Waals surface area contributed by atoms with Crippen molar-refractivity contribution in [1.29, 1.82) is 0 Å². The molecular weight excluding hydrogens is 452 g/mol. The van der Waals surface area contributed by atoms with Crippen molar-refractivity contribution in [2.45, 2.75) is 24.2 Å². The maximum absolute atomic E-state index is 13.7. The zero-order valence-electron chi connectivity index (χ0n) is 16.9. The third-order valence-electron chi connectivity index (χ3n) is 5.56. The zero-order chi connectivity index (χ0) is 22.8. The summed E-state index contributed by atoms with van der Waals surface area (Å²) in [5, 5.41) is 29.6. The van der Waals surface area contributed by atoms with E-state index in [0.717, 1.165) is 5.56 Å². The second-order valence-electron chi connectivity index (χ2n) is 7.63. The molecule has 1 heterocycles. The first-order chi connectivity index (χ1) is 15.3. The van der Waals surface area contributed by atoms with Crippen molar-refractivity contribution in [3.05, 3.63) is 118 Å². The molecule has 5 nitrogen and oxygen atoms in total. The van der Waals surface area contributed by atoms with Gasteiger partial charge in [-0.2, -0.15) is 5.10 Å². The third kappa shape index (κ3) is 4.40. The summed E-state index contributed by atoms with van der Waals surface area (Å²) in [5.41, 5.74) is -2.28. The molecule has 0 aliphatic rings. The molecule has 0 aliphatic heterocycles. The molecule has 3 aromatic carbocycles. The van der Waals surface area contributed by atoms with Gasteiger partial charge >= 0.3 is 0 Å². The first kappa shape index (κ1) is 22.4.